The lowest BCUT2D eigenvalue weighted by molar-refractivity contribution is 0.299. The zero-order valence-corrected chi connectivity index (χ0v) is 35.8. The Balaban J connectivity index is 1.14. The minimum Gasteiger partial charge on any atom is -0.0654 e. The van der Waals surface area contributed by atoms with Crippen LogP contribution in [0.3, 0.4) is 0 Å². The Morgan fingerprint density at radius 2 is 0.700 bits per heavy atom. The fraction of sp³-hybridized carbons (Fsp3) is 0.750. The number of benzene rings is 2. The van der Waals surface area contributed by atoms with Crippen molar-refractivity contribution >= 4 is 31.9 Å². The number of hydrogen-bond donors (Lipinski definition) is 0. The van der Waals surface area contributed by atoms with Gasteiger partial charge in [0, 0.05) is 19.8 Å². The fourth-order valence-electron chi connectivity index (χ4n) is 11.3. The third-order valence-electron chi connectivity index (χ3n) is 13.7. The van der Waals surface area contributed by atoms with Crippen molar-refractivity contribution in [2.75, 3.05) is 0 Å². The van der Waals surface area contributed by atoms with Gasteiger partial charge in [-0.05, 0) is 84.0 Å². The number of hydrogen-bond acceptors (Lipinski definition) is 0. The van der Waals surface area contributed by atoms with Gasteiger partial charge in [0.25, 0.3) is 0 Å². The topological polar surface area (TPSA) is 0 Å². The van der Waals surface area contributed by atoms with Crippen molar-refractivity contribution in [1.29, 1.82) is 0 Å². The van der Waals surface area contributed by atoms with Gasteiger partial charge in [-0.15, -0.1) is 0 Å². The van der Waals surface area contributed by atoms with E-state index in [9.17, 15) is 0 Å². The van der Waals surface area contributed by atoms with Crippen LogP contribution in [0.15, 0.2) is 45.3 Å². The van der Waals surface area contributed by atoms with E-state index in [2.05, 4.69) is 82.1 Å². The Hall–Kier alpha value is -0.600. The molecular weight excluding hydrogens is 736 g/mol. The molecule has 0 radical (unpaired) electrons. The predicted octanol–water partition coefficient (Wildman–Crippen LogP) is 17.4. The summed E-state index contributed by atoms with van der Waals surface area (Å²) in [5.41, 5.74) is 7.06. The van der Waals surface area contributed by atoms with E-state index in [4.69, 9.17) is 0 Å². The standard InChI is InChI=1S/C48H74Br2/c1-3-5-7-9-11-13-15-17-19-21-23-25-27-39-35-47-37-40(28-26-24-22-20-18-16-14-12-10-8-6-4-2)38-48(47,36-39)46-34-42(50)30-32-44(46)43-31-29-41(49)33-45(43)47/h29-34,39-40H,3-28,35-38H2,1-2H3. The Morgan fingerprint density at radius 3 is 1.00 bits per heavy atom. The van der Waals surface area contributed by atoms with E-state index < -0.39 is 0 Å². The highest BCUT2D eigenvalue weighted by Gasteiger charge is 2.66. The number of rotatable bonds is 26. The monoisotopic (exact) mass is 808 g/mol. The molecule has 2 heteroatoms. The predicted molar refractivity (Wildman–Crippen MR) is 227 cm³/mol. The summed E-state index contributed by atoms with van der Waals surface area (Å²) in [5, 5.41) is 0. The van der Waals surface area contributed by atoms with Gasteiger partial charge in [-0.25, -0.2) is 0 Å². The van der Waals surface area contributed by atoms with E-state index >= 15 is 0 Å². The lowest BCUT2D eigenvalue weighted by Crippen LogP contribution is -2.43. The van der Waals surface area contributed by atoms with E-state index in [0.717, 1.165) is 11.8 Å². The quantitative estimate of drug-likeness (QED) is 0.0831. The lowest BCUT2D eigenvalue weighted by Gasteiger charge is -2.47. The highest BCUT2D eigenvalue weighted by Crippen LogP contribution is 2.72. The summed E-state index contributed by atoms with van der Waals surface area (Å²) >= 11 is 7.89. The first-order chi connectivity index (χ1) is 24.5. The first-order valence-electron chi connectivity index (χ1n) is 22.1. The molecule has 2 fully saturated rings. The average molecular weight is 811 g/mol. The molecule has 0 saturated heterocycles. The van der Waals surface area contributed by atoms with E-state index in [1.165, 1.54) is 213 Å². The number of unbranched alkanes of at least 4 members (excludes halogenated alkanes) is 22. The van der Waals surface area contributed by atoms with Crippen LogP contribution in [0, 0.1) is 11.8 Å². The van der Waals surface area contributed by atoms with Gasteiger partial charge in [0.1, 0.15) is 0 Å². The minimum absolute atomic E-state index is 0.309. The molecule has 0 nitrogen and oxygen atoms in total. The third kappa shape index (κ3) is 10.5. The molecular formula is C48H74Br2. The highest BCUT2D eigenvalue weighted by atomic mass is 79.9. The number of halogens is 2. The SMILES string of the molecule is CCCCCCCCCCCCCCC1CC23CC(CCCCCCCCCCCCCC)CC2(C1)c1cc(Br)ccc1-c1ccc(Br)cc13. The molecule has 3 aliphatic rings. The van der Waals surface area contributed by atoms with E-state index in [-0.39, 0.29) is 0 Å². The molecule has 0 heterocycles. The molecule has 0 aromatic heterocycles. The maximum Gasteiger partial charge on any atom is 0.0178 e. The summed E-state index contributed by atoms with van der Waals surface area (Å²) in [6.07, 6.45) is 43.2. The van der Waals surface area contributed by atoms with Crippen molar-refractivity contribution in [1.82, 2.24) is 0 Å². The molecule has 0 N–H and O–H groups in total. The van der Waals surface area contributed by atoms with Gasteiger partial charge in [0.15, 0.2) is 0 Å². The molecule has 2 aromatic carbocycles. The van der Waals surface area contributed by atoms with Crippen LogP contribution in [0.1, 0.15) is 218 Å². The second kappa shape index (κ2) is 21.3. The molecule has 2 aromatic rings. The van der Waals surface area contributed by atoms with E-state index in [1.807, 2.05) is 0 Å². The molecule has 50 heavy (non-hydrogen) atoms. The second-order valence-electron chi connectivity index (χ2n) is 17.4. The fourth-order valence-corrected chi connectivity index (χ4v) is 12.0. The normalized spacial score (nSPS) is 23.5. The van der Waals surface area contributed by atoms with Crippen LogP contribution >= 0.6 is 31.9 Å². The van der Waals surface area contributed by atoms with Gasteiger partial charge in [0.05, 0.1) is 0 Å². The molecule has 0 spiro atoms. The van der Waals surface area contributed by atoms with Gasteiger partial charge < -0.3 is 0 Å². The molecule has 0 bridgehead atoms. The van der Waals surface area contributed by atoms with Gasteiger partial charge in [0.2, 0.25) is 0 Å². The molecule has 2 saturated carbocycles. The molecule has 3 aliphatic carbocycles. The molecule has 5 rings (SSSR count). The Labute approximate surface area is 326 Å². The zero-order valence-electron chi connectivity index (χ0n) is 32.6. The van der Waals surface area contributed by atoms with Crippen LogP contribution < -0.4 is 0 Å². The van der Waals surface area contributed by atoms with Crippen LogP contribution in [0.2, 0.25) is 0 Å². The van der Waals surface area contributed by atoms with Crippen LogP contribution in [-0.2, 0) is 10.8 Å². The van der Waals surface area contributed by atoms with Crippen molar-refractivity contribution in [3.8, 4) is 11.1 Å². The van der Waals surface area contributed by atoms with Crippen molar-refractivity contribution < 1.29 is 0 Å². The van der Waals surface area contributed by atoms with Crippen LogP contribution in [-0.4, -0.2) is 0 Å². The Bertz CT molecular complexity index is 1150. The maximum absolute atomic E-state index is 3.94. The van der Waals surface area contributed by atoms with Gasteiger partial charge in [-0.1, -0.05) is 225 Å². The molecule has 0 unspecified atom stereocenters. The van der Waals surface area contributed by atoms with E-state index in [0.29, 0.717) is 10.8 Å². The Morgan fingerprint density at radius 1 is 0.420 bits per heavy atom. The summed E-state index contributed by atoms with van der Waals surface area (Å²) < 4.78 is 2.54. The van der Waals surface area contributed by atoms with E-state index in [1.54, 1.807) is 11.1 Å². The van der Waals surface area contributed by atoms with Gasteiger partial charge in [-0.3, -0.25) is 0 Å². The second-order valence-corrected chi connectivity index (χ2v) is 19.3. The Kier molecular flexibility index (Phi) is 17.3. The highest BCUT2D eigenvalue weighted by molar-refractivity contribution is 9.10. The summed E-state index contributed by atoms with van der Waals surface area (Å²) in [6.45, 7) is 4.63. The smallest absolute Gasteiger partial charge is 0.0178 e. The zero-order chi connectivity index (χ0) is 35.1. The van der Waals surface area contributed by atoms with Crippen LogP contribution in [0.4, 0.5) is 0 Å². The van der Waals surface area contributed by atoms with Crippen molar-refractivity contribution in [3.05, 3.63) is 56.5 Å². The van der Waals surface area contributed by atoms with Crippen molar-refractivity contribution in [2.24, 2.45) is 11.8 Å². The third-order valence-corrected chi connectivity index (χ3v) is 14.7. The summed E-state index contributed by atoms with van der Waals surface area (Å²) in [7, 11) is 0. The summed E-state index contributed by atoms with van der Waals surface area (Å²) in [6, 6.07) is 14.6. The van der Waals surface area contributed by atoms with Crippen molar-refractivity contribution in [2.45, 2.75) is 217 Å². The minimum atomic E-state index is 0.309. The first-order valence-corrected chi connectivity index (χ1v) is 23.7. The molecule has 0 amide bonds. The first kappa shape index (κ1) is 40.6. The maximum atomic E-state index is 3.94. The van der Waals surface area contributed by atoms with Gasteiger partial charge in [-0.2, -0.15) is 0 Å². The number of fused-ring (bicyclic) bond motifs is 3. The lowest BCUT2D eigenvalue weighted by atomic mass is 9.55. The molecule has 0 atom stereocenters. The van der Waals surface area contributed by atoms with Crippen LogP contribution in [0.25, 0.3) is 11.1 Å². The van der Waals surface area contributed by atoms with Gasteiger partial charge >= 0.3 is 0 Å². The molecule has 280 valence electrons. The summed E-state index contributed by atoms with van der Waals surface area (Å²) in [4.78, 5) is 0. The van der Waals surface area contributed by atoms with Crippen molar-refractivity contribution in [3.63, 3.8) is 0 Å². The summed E-state index contributed by atoms with van der Waals surface area (Å²) in [5.74, 6) is 1.73. The van der Waals surface area contributed by atoms with Crippen LogP contribution in [0.5, 0.6) is 0 Å². The average Bonchev–Trinajstić information content (AvgIpc) is 3.60. The largest absolute Gasteiger partial charge is 0.0654 e. The molecule has 0 aliphatic heterocycles.